The molecule has 4 aromatic rings. The number of ether oxygens (including phenoxy) is 2. The van der Waals surface area contributed by atoms with Gasteiger partial charge in [-0.3, -0.25) is 0 Å². The fraction of sp³-hybridized carbons (Fsp3) is 0.409. The first-order valence-corrected chi connectivity index (χ1v) is 10.1. The van der Waals surface area contributed by atoms with Crippen LogP contribution in [-0.4, -0.2) is 44.1 Å². The van der Waals surface area contributed by atoms with E-state index in [4.69, 9.17) is 24.7 Å². The first-order chi connectivity index (χ1) is 14.7. The summed E-state index contributed by atoms with van der Waals surface area (Å²) in [5.74, 6) is 2.51. The van der Waals surface area contributed by atoms with Gasteiger partial charge in [-0.1, -0.05) is 5.16 Å². The highest BCUT2D eigenvalue weighted by atomic mass is 16.5. The highest BCUT2D eigenvalue weighted by Crippen LogP contribution is 2.32. The van der Waals surface area contributed by atoms with E-state index in [1.807, 2.05) is 35.8 Å². The number of methoxy groups -OCH3 is 1. The van der Waals surface area contributed by atoms with Gasteiger partial charge in [0.25, 0.3) is 0 Å². The van der Waals surface area contributed by atoms with Gasteiger partial charge in [0.15, 0.2) is 5.82 Å². The van der Waals surface area contributed by atoms with Crippen molar-refractivity contribution in [3.8, 4) is 5.75 Å². The van der Waals surface area contributed by atoms with Crippen molar-refractivity contribution in [2.24, 2.45) is 0 Å². The fourth-order valence-electron chi connectivity index (χ4n) is 3.61. The van der Waals surface area contributed by atoms with Crippen LogP contribution in [0.3, 0.4) is 0 Å². The lowest BCUT2D eigenvalue weighted by atomic mass is 10.1. The second kappa shape index (κ2) is 8.16. The van der Waals surface area contributed by atoms with E-state index in [1.165, 1.54) is 0 Å². The van der Waals surface area contributed by atoms with E-state index in [1.54, 1.807) is 21.0 Å². The zero-order valence-electron chi connectivity index (χ0n) is 18.2. The average Bonchev–Trinajstić information content (AvgIpc) is 3.27. The number of anilines is 1. The summed E-state index contributed by atoms with van der Waals surface area (Å²) in [6.45, 7) is 6.54. The molecule has 0 spiro atoms. The Morgan fingerprint density at radius 2 is 2.03 bits per heavy atom. The van der Waals surface area contributed by atoms with Crippen LogP contribution in [0.25, 0.3) is 21.9 Å². The lowest BCUT2D eigenvalue weighted by molar-refractivity contribution is 0.0615. The Morgan fingerprint density at radius 1 is 1.23 bits per heavy atom. The van der Waals surface area contributed by atoms with Crippen LogP contribution in [0.4, 0.5) is 5.82 Å². The molecular weight excluding hydrogens is 398 g/mol. The minimum absolute atomic E-state index is 0.290. The van der Waals surface area contributed by atoms with Crippen LogP contribution in [-0.2, 0) is 24.3 Å². The summed E-state index contributed by atoms with van der Waals surface area (Å²) < 4.78 is 18.2. The second-order valence-corrected chi connectivity index (χ2v) is 8.26. The molecule has 0 saturated heterocycles. The van der Waals surface area contributed by atoms with Crippen molar-refractivity contribution in [1.82, 2.24) is 19.7 Å². The minimum Gasteiger partial charge on any atom is -0.487 e. The molecule has 0 radical (unpaired) electrons. The predicted octanol–water partition coefficient (Wildman–Crippen LogP) is 3.00. The summed E-state index contributed by atoms with van der Waals surface area (Å²) in [4.78, 5) is 9.27. The maximum atomic E-state index is 10.5. The standard InChI is InChI=1S/C22H27N5O4/c1-13-9-14(26-31-13)11-30-15-5-6-16-17(10-15)24-21(23)19-20(16)27(12-22(2,3)28)18(25-19)7-8-29-4/h5-6,9-10,28H,7-8,11-12H2,1-4H3,(H2,23,24). The molecule has 0 bridgehead atoms. The van der Waals surface area contributed by atoms with Gasteiger partial charge in [-0.15, -0.1) is 0 Å². The first kappa shape index (κ1) is 21.1. The smallest absolute Gasteiger partial charge is 0.152 e. The molecular formula is C22H27N5O4. The normalized spacial score (nSPS) is 12.2. The Morgan fingerprint density at radius 3 is 2.71 bits per heavy atom. The number of imidazole rings is 1. The summed E-state index contributed by atoms with van der Waals surface area (Å²) >= 11 is 0. The fourth-order valence-corrected chi connectivity index (χ4v) is 3.61. The number of rotatable bonds is 8. The average molecular weight is 425 g/mol. The number of nitrogen functional groups attached to an aromatic ring is 1. The Labute approximate surface area is 179 Å². The quantitative estimate of drug-likeness (QED) is 0.442. The number of aliphatic hydroxyl groups is 1. The van der Waals surface area contributed by atoms with Crippen molar-refractivity contribution in [3.63, 3.8) is 0 Å². The van der Waals surface area contributed by atoms with E-state index < -0.39 is 5.60 Å². The SMILES string of the molecule is COCCc1nc2c(N)nc3cc(OCc4cc(C)on4)ccc3c2n1CC(C)(C)O. The molecule has 31 heavy (non-hydrogen) atoms. The molecule has 3 heterocycles. The van der Waals surface area contributed by atoms with Crippen LogP contribution in [0, 0.1) is 6.92 Å². The van der Waals surface area contributed by atoms with Gasteiger partial charge in [-0.25, -0.2) is 9.97 Å². The van der Waals surface area contributed by atoms with Gasteiger partial charge >= 0.3 is 0 Å². The van der Waals surface area contributed by atoms with E-state index in [9.17, 15) is 5.11 Å². The minimum atomic E-state index is -0.932. The van der Waals surface area contributed by atoms with E-state index in [0.29, 0.717) is 54.5 Å². The number of benzene rings is 1. The monoisotopic (exact) mass is 425 g/mol. The molecule has 9 heteroatoms. The van der Waals surface area contributed by atoms with Gasteiger partial charge in [0.05, 0.1) is 29.8 Å². The number of nitrogens with two attached hydrogens (primary N) is 1. The van der Waals surface area contributed by atoms with Crippen molar-refractivity contribution in [2.75, 3.05) is 19.5 Å². The molecule has 0 unspecified atom stereocenters. The summed E-state index contributed by atoms with van der Waals surface area (Å²) in [5.41, 5.74) is 8.20. The van der Waals surface area contributed by atoms with Gasteiger partial charge < -0.3 is 29.4 Å². The van der Waals surface area contributed by atoms with Crippen molar-refractivity contribution in [2.45, 2.75) is 45.9 Å². The molecule has 164 valence electrons. The predicted molar refractivity (Wildman–Crippen MR) is 117 cm³/mol. The van der Waals surface area contributed by atoms with Crippen molar-refractivity contribution < 1.29 is 19.1 Å². The highest BCUT2D eigenvalue weighted by Gasteiger charge is 2.22. The van der Waals surface area contributed by atoms with E-state index in [-0.39, 0.29) is 0 Å². The Bertz CT molecular complexity index is 1220. The number of pyridine rings is 1. The third-order valence-electron chi connectivity index (χ3n) is 4.89. The number of fused-ring (bicyclic) bond motifs is 3. The summed E-state index contributed by atoms with van der Waals surface area (Å²) in [5, 5.41) is 15.3. The van der Waals surface area contributed by atoms with E-state index in [0.717, 1.165) is 22.5 Å². The van der Waals surface area contributed by atoms with Crippen LogP contribution < -0.4 is 10.5 Å². The molecule has 0 aliphatic rings. The Balaban J connectivity index is 1.78. The van der Waals surface area contributed by atoms with Gasteiger partial charge in [0.1, 0.15) is 35.2 Å². The number of aryl methyl sites for hydroxylation is 1. The molecule has 0 atom stereocenters. The third-order valence-corrected chi connectivity index (χ3v) is 4.89. The molecule has 4 rings (SSSR count). The van der Waals surface area contributed by atoms with Gasteiger partial charge in [0, 0.05) is 31.0 Å². The highest BCUT2D eigenvalue weighted by molar-refractivity contribution is 6.07. The molecule has 3 aromatic heterocycles. The lowest BCUT2D eigenvalue weighted by Crippen LogP contribution is -2.27. The molecule has 9 nitrogen and oxygen atoms in total. The largest absolute Gasteiger partial charge is 0.487 e. The number of hydrogen-bond donors (Lipinski definition) is 2. The summed E-state index contributed by atoms with van der Waals surface area (Å²) in [6, 6.07) is 7.49. The number of hydrogen-bond acceptors (Lipinski definition) is 8. The lowest BCUT2D eigenvalue weighted by Gasteiger charge is -2.20. The van der Waals surface area contributed by atoms with Crippen LogP contribution >= 0.6 is 0 Å². The maximum Gasteiger partial charge on any atom is 0.152 e. The molecule has 0 amide bonds. The van der Waals surface area contributed by atoms with Gasteiger partial charge in [0.2, 0.25) is 0 Å². The number of nitrogens with zero attached hydrogens (tertiary/aromatic N) is 4. The van der Waals surface area contributed by atoms with Crippen LogP contribution in [0.15, 0.2) is 28.8 Å². The molecule has 3 N–H and O–H groups in total. The first-order valence-electron chi connectivity index (χ1n) is 10.1. The Kier molecular flexibility index (Phi) is 5.55. The topological polar surface area (TPSA) is 121 Å². The van der Waals surface area contributed by atoms with Crippen LogP contribution in [0.5, 0.6) is 5.75 Å². The van der Waals surface area contributed by atoms with Crippen LogP contribution in [0.1, 0.15) is 31.1 Å². The van der Waals surface area contributed by atoms with E-state index in [2.05, 4.69) is 10.1 Å². The molecule has 1 aromatic carbocycles. The van der Waals surface area contributed by atoms with Gasteiger partial charge in [-0.05, 0) is 32.9 Å². The zero-order valence-corrected chi connectivity index (χ0v) is 18.2. The van der Waals surface area contributed by atoms with Crippen molar-refractivity contribution in [3.05, 3.63) is 41.5 Å². The summed E-state index contributed by atoms with van der Waals surface area (Å²) in [6.07, 6.45) is 0.598. The molecule has 0 aliphatic carbocycles. The number of aromatic nitrogens is 4. The summed E-state index contributed by atoms with van der Waals surface area (Å²) in [7, 11) is 1.65. The van der Waals surface area contributed by atoms with E-state index >= 15 is 0 Å². The molecule has 0 saturated carbocycles. The zero-order chi connectivity index (χ0) is 22.2. The third kappa shape index (κ3) is 4.47. The van der Waals surface area contributed by atoms with Crippen molar-refractivity contribution in [1.29, 1.82) is 0 Å². The second-order valence-electron chi connectivity index (χ2n) is 8.26. The molecule has 0 fully saturated rings. The maximum absolute atomic E-state index is 10.5. The van der Waals surface area contributed by atoms with Crippen molar-refractivity contribution >= 4 is 27.8 Å². The van der Waals surface area contributed by atoms with Crippen LogP contribution in [0.2, 0.25) is 0 Å². The molecule has 0 aliphatic heterocycles. The van der Waals surface area contributed by atoms with Gasteiger partial charge in [-0.2, -0.15) is 0 Å². The Hall–Kier alpha value is -3.17.